The standard InChI is InChI=1S/C21H33N3O4S/c1-6-12-23(13-7-2)29(27,28)18-10-8-17(9-11-18)22-20(26)16-14-19(25)24(15-16)21(3,4)5/h8-11,16H,6-7,12-15H2,1-5H3,(H,22,26)/t16-/m0/s1. The molecule has 2 amide bonds. The number of likely N-dealkylation sites (tertiary alicyclic amines) is 1. The summed E-state index contributed by atoms with van der Waals surface area (Å²) in [5, 5.41) is 2.81. The van der Waals surface area contributed by atoms with E-state index in [1.165, 1.54) is 16.4 Å². The van der Waals surface area contributed by atoms with Crippen LogP contribution in [0.1, 0.15) is 53.9 Å². The second kappa shape index (κ2) is 9.26. The van der Waals surface area contributed by atoms with E-state index >= 15 is 0 Å². The molecule has 1 saturated heterocycles. The molecule has 1 aromatic carbocycles. The molecule has 0 aromatic heterocycles. The fourth-order valence-corrected chi connectivity index (χ4v) is 5.11. The van der Waals surface area contributed by atoms with Gasteiger partial charge in [0.2, 0.25) is 21.8 Å². The molecule has 1 aliphatic rings. The van der Waals surface area contributed by atoms with E-state index in [4.69, 9.17) is 0 Å². The molecule has 1 heterocycles. The maximum absolute atomic E-state index is 12.8. The van der Waals surface area contributed by atoms with E-state index in [1.807, 2.05) is 34.6 Å². The van der Waals surface area contributed by atoms with Gasteiger partial charge in [-0.15, -0.1) is 0 Å². The number of rotatable bonds is 8. The van der Waals surface area contributed by atoms with Crippen molar-refractivity contribution >= 4 is 27.5 Å². The molecule has 1 aromatic rings. The van der Waals surface area contributed by atoms with E-state index in [9.17, 15) is 18.0 Å². The van der Waals surface area contributed by atoms with Crippen LogP contribution in [0, 0.1) is 5.92 Å². The maximum atomic E-state index is 12.8. The lowest BCUT2D eigenvalue weighted by Gasteiger charge is -2.31. The molecule has 29 heavy (non-hydrogen) atoms. The number of hydrogen-bond acceptors (Lipinski definition) is 4. The van der Waals surface area contributed by atoms with Crippen molar-refractivity contribution in [1.82, 2.24) is 9.21 Å². The van der Waals surface area contributed by atoms with Gasteiger partial charge in [-0.1, -0.05) is 13.8 Å². The Balaban J connectivity index is 2.07. The molecule has 2 rings (SSSR count). The van der Waals surface area contributed by atoms with Gasteiger partial charge in [0.25, 0.3) is 0 Å². The van der Waals surface area contributed by atoms with E-state index in [1.54, 1.807) is 17.0 Å². The average molecular weight is 424 g/mol. The minimum absolute atomic E-state index is 0.0222. The molecule has 1 N–H and O–H groups in total. The number of hydrogen-bond donors (Lipinski definition) is 1. The van der Waals surface area contributed by atoms with Gasteiger partial charge in [0.15, 0.2) is 0 Å². The molecule has 0 radical (unpaired) electrons. The highest BCUT2D eigenvalue weighted by Crippen LogP contribution is 2.27. The highest BCUT2D eigenvalue weighted by atomic mass is 32.2. The van der Waals surface area contributed by atoms with Crippen LogP contribution in [0.3, 0.4) is 0 Å². The zero-order valence-corrected chi connectivity index (χ0v) is 18.9. The molecule has 7 nitrogen and oxygen atoms in total. The summed E-state index contributed by atoms with van der Waals surface area (Å²) < 4.78 is 27.1. The van der Waals surface area contributed by atoms with Crippen LogP contribution in [0.4, 0.5) is 5.69 Å². The molecule has 0 bridgehead atoms. The highest BCUT2D eigenvalue weighted by molar-refractivity contribution is 7.89. The minimum Gasteiger partial charge on any atom is -0.337 e. The summed E-state index contributed by atoms with van der Waals surface area (Å²) in [6.07, 6.45) is 1.69. The molecule has 1 aliphatic heterocycles. The van der Waals surface area contributed by atoms with Crippen LogP contribution in [-0.2, 0) is 19.6 Å². The number of nitrogens with zero attached hydrogens (tertiary/aromatic N) is 2. The lowest BCUT2D eigenvalue weighted by molar-refractivity contribution is -0.131. The largest absolute Gasteiger partial charge is 0.337 e. The number of carbonyl (C=O) groups is 2. The fraction of sp³-hybridized carbons (Fsp3) is 0.619. The summed E-state index contributed by atoms with van der Waals surface area (Å²) in [4.78, 5) is 26.7. The van der Waals surface area contributed by atoms with E-state index in [-0.39, 0.29) is 28.7 Å². The van der Waals surface area contributed by atoms with Crippen molar-refractivity contribution in [2.45, 2.75) is 64.3 Å². The number of anilines is 1. The Labute approximate surface area is 174 Å². The van der Waals surface area contributed by atoms with E-state index in [0.29, 0.717) is 25.3 Å². The van der Waals surface area contributed by atoms with Crippen LogP contribution in [0.5, 0.6) is 0 Å². The quantitative estimate of drug-likeness (QED) is 0.696. The van der Waals surface area contributed by atoms with Crippen LogP contribution in [0.15, 0.2) is 29.2 Å². The van der Waals surface area contributed by atoms with Crippen molar-refractivity contribution in [3.8, 4) is 0 Å². The summed E-state index contributed by atoms with van der Waals surface area (Å²) in [6, 6.07) is 6.23. The fourth-order valence-electron chi connectivity index (χ4n) is 3.49. The maximum Gasteiger partial charge on any atom is 0.243 e. The van der Waals surface area contributed by atoms with E-state index in [0.717, 1.165) is 12.8 Å². The van der Waals surface area contributed by atoms with Crippen molar-refractivity contribution in [2.75, 3.05) is 25.0 Å². The molecule has 1 fully saturated rings. The first-order valence-corrected chi connectivity index (χ1v) is 11.7. The molecule has 0 saturated carbocycles. The van der Waals surface area contributed by atoms with Crippen molar-refractivity contribution < 1.29 is 18.0 Å². The molecule has 0 unspecified atom stereocenters. The van der Waals surface area contributed by atoms with Crippen LogP contribution >= 0.6 is 0 Å². The van der Waals surface area contributed by atoms with Gasteiger partial charge >= 0.3 is 0 Å². The van der Waals surface area contributed by atoms with Gasteiger partial charge in [-0.05, 0) is 57.9 Å². The predicted molar refractivity (Wildman–Crippen MR) is 114 cm³/mol. The van der Waals surface area contributed by atoms with Gasteiger partial charge in [0.05, 0.1) is 10.8 Å². The molecule has 0 aliphatic carbocycles. The van der Waals surface area contributed by atoms with Crippen LogP contribution in [0.25, 0.3) is 0 Å². The molecule has 162 valence electrons. The zero-order valence-electron chi connectivity index (χ0n) is 18.1. The van der Waals surface area contributed by atoms with Gasteiger partial charge in [0.1, 0.15) is 0 Å². The number of benzene rings is 1. The van der Waals surface area contributed by atoms with E-state index in [2.05, 4.69) is 5.32 Å². The molecular formula is C21H33N3O4S. The first kappa shape index (κ1) is 23.3. The topological polar surface area (TPSA) is 86.8 Å². The molecule has 0 spiro atoms. The van der Waals surface area contributed by atoms with Crippen LogP contribution < -0.4 is 5.32 Å². The van der Waals surface area contributed by atoms with Crippen molar-refractivity contribution in [1.29, 1.82) is 0 Å². The molecular weight excluding hydrogens is 390 g/mol. The Morgan fingerprint density at radius 1 is 1.14 bits per heavy atom. The van der Waals surface area contributed by atoms with Gasteiger partial charge in [-0.2, -0.15) is 4.31 Å². The Hall–Kier alpha value is -1.93. The Morgan fingerprint density at radius 3 is 2.14 bits per heavy atom. The van der Waals surface area contributed by atoms with Gasteiger partial charge in [-0.3, -0.25) is 9.59 Å². The lowest BCUT2D eigenvalue weighted by Crippen LogP contribution is -2.42. The summed E-state index contributed by atoms with van der Waals surface area (Å²) in [6.45, 7) is 11.1. The first-order valence-electron chi connectivity index (χ1n) is 10.2. The van der Waals surface area contributed by atoms with E-state index < -0.39 is 15.9 Å². The van der Waals surface area contributed by atoms with Crippen molar-refractivity contribution in [3.05, 3.63) is 24.3 Å². The average Bonchev–Trinajstić information content (AvgIpc) is 3.04. The first-order chi connectivity index (χ1) is 13.5. The third kappa shape index (κ3) is 5.57. The second-order valence-corrected chi connectivity index (χ2v) is 10.4. The number of amides is 2. The summed E-state index contributed by atoms with van der Waals surface area (Å²) in [5.74, 6) is -0.653. The minimum atomic E-state index is -3.55. The Morgan fingerprint density at radius 2 is 1.69 bits per heavy atom. The normalized spacial score (nSPS) is 17.8. The number of nitrogens with one attached hydrogen (secondary N) is 1. The molecule has 1 atom stereocenters. The Kier molecular flexibility index (Phi) is 7.45. The van der Waals surface area contributed by atoms with Crippen LogP contribution in [-0.4, -0.2) is 54.6 Å². The summed E-state index contributed by atoms with van der Waals surface area (Å²) in [7, 11) is -3.55. The Bertz CT molecular complexity index is 822. The SMILES string of the molecule is CCCN(CCC)S(=O)(=O)c1ccc(NC(=O)[C@H]2CC(=O)N(C(C)(C)C)C2)cc1. The van der Waals surface area contributed by atoms with Crippen LogP contribution in [0.2, 0.25) is 0 Å². The lowest BCUT2D eigenvalue weighted by atomic mass is 10.1. The third-order valence-corrected chi connectivity index (χ3v) is 6.92. The highest BCUT2D eigenvalue weighted by Gasteiger charge is 2.39. The zero-order chi connectivity index (χ0) is 21.8. The van der Waals surface area contributed by atoms with Gasteiger partial charge in [-0.25, -0.2) is 8.42 Å². The van der Waals surface area contributed by atoms with Crippen molar-refractivity contribution in [3.63, 3.8) is 0 Å². The van der Waals surface area contributed by atoms with Gasteiger partial charge < -0.3 is 10.2 Å². The molecule has 8 heteroatoms. The smallest absolute Gasteiger partial charge is 0.243 e. The van der Waals surface area contributed by atoms with Crippen molar-refractivity contribution in [2.24, 2.45) is 5.92 Å². The number of sulfonamides is 1. The summed E-state index contributed by atoms with van der Waals surface area (Å²) >= 11 is 0. The summed E-state index contributed by atoms with van der Waals surface area (Å²) in [5.41, 5.74) is 0.207. The van der Waals surface area contributed by atoms with Gasteiger partial charge in [0, 0.05) is 37.3 Å². The second-order valence-electron chi connectivity index (χ2n) is 8.49. The predicted octanol–water partition coefficient (Wildman–Crippen LogP) is 3.08. The third-order valence-electron chi connectivity index (χ3n) is 5.01. The number of carbonyl (C=O) groups excluding carboxylic acids is 2. The monoisotopic (exact) mass is 423 g/mol.